The van der Waals surface area contributed by atoms with Gasteiger partial charge in [0.25, 0.3) is 0 Å². The summed E-state index contributed by atoms with van der Waals surface area (Å²) in [6.07, 6.45) is 16.9. The minimum atomic E-state index is 1.11. The first-order chi connectivity index (χ1) is 30.4. The van der Waals surface area contributed by atoms with Crippen LogP contribution in [0.1, 0.15) is 44.5 Å². The van der Waals surface area contributed by atoms with Crippen molar-refractivity contribution < 1.29 is 0 Å². The molecule has 0 saturated carbocycles. The zero-order valence-electron chi connectivity index (χ0n) is 36.0. The molecule has 0 aliphatic rings. The molecule has 0 amide bonds. The van der Waals surface area contributed by atoms with Gasteiger partial charge in [0.05, 0.1) is 0 Å². The van der Waals surface area contributed by atoms with Crippen LogP contribution in [0.2, 0.25) is 0 Å². The Kier molecular flexibility index (Phi) is 13.0. The minimum absolute atomic E-state index is 1.11. The highest BCUT2D eigenvalue weighted by Crippen LogP contribution is 2.40. The van der Waals surface area contributed by atoms with Gasteiger partial charge in [-0.1, -0.05) is 193 Å². The average Bonchev–Trinajstić information content (AvgIpc) is 3.30. The van der Waals surface area contributed by atoms with E-state index in [1.807, 2.05) is 12.1 Å². The van der Waals surface area contributed by atoms with Crippen LogP contribution >= 0.6 is 0 Å². The topological polar surface area (TPSA) is 6.48 Å². The molecule has 0 atom stereocenters. The molecule has 0 bridgehead atoms. The van der Waals surface area contributed by atoms with E-state index in [9.17, 15) is 0 Å². The number of allylic oxidation sites excluding steroid dienone is 4. The third-order valence-electron chi connectivity index (χ3n) is 11.0. The van der Waals surface area contributed by atoms with Gasteiger partial charge in [0.15, 0.2) is 0 Å². The molecule has 8 rings (SSSR count). The quantitative estimate of drug-likeness (QED) is 0.107. The molecule has 0 spiro atoms. The van der Waals surface area contributed by atoms with E-state index in [4.69, 9.17) is 0 Å². The first-order valence-corrected chi connectivity index (χ1v) is 21.3. The first-order valence-electron chi connectivity index (χ1n) is 21.3. The molecule has 0 aliphatic heterocycles. The van der Waals surface area contributed by atoms with E-state index in [1.165, 1.54) is 44.5 Å². The maximum atomic E-state index is 2.36. The molecule has 0 radical (unpaired) electrons. The van der Waals surface area contributed by atoms with E-state index in [1.54, 1.807) is 0 Å². The molecular formula is C60H52N2. The molecule has 302 valence electrons. The van der Waals surface area contributed by atoms with Crippen LogP contribution in [-0.2, 0) is 0 Å². The van der Waals surface area contributed by atoms with E-state index in [-0.39, 0.29) is 0 Å². The summed E-state index contributed by atoms with van der Waals surface area (Å²) in [7, 11) is 0. The normalized spacial score (nSPS) is 11.6. The van der Waals surface area contributed by atoms with Crippen molar-refractivity contribution in [3.05, 3.63) is 263 Å². The van der Waals surface area contributed by atoms with Gasteiger partial charge in [-0.05, 0) is 133 Å². The summed E-state index contributed by atoms with van der Waals surface area (Å²) >= 11 is 0. The highest BCUT2D eigenvalue weighted by molar-refractivity contribution is 5.83. The molecule has 0 heterocycles. The molecule has 0 aliphatic carbocycles. The standard InChI is InChI=1S/C60H52N2/c1-45-23-41-59(47(3)43-45)61(55-33-25-51(26-34-55)21-13-11-19-49-15-7-5-8-16-49)57-37-29-53(30-38-57)54-31-39-58(40-32-54)62(60-42-24-46(2)44-48(60)4)56-35-27-52(28-36-56)22-14-12-20-50-17-9-6-10-18-50/h5-44H,1-4H3. The molecule has 8 aromatic carbocycles. The minimum Gasteiger partial charge on any atom is -0.310 e. The van der Waals surface area contributed by atoms with Crippen LogP contribution in [0, 0.1) is 27.7 Å². The van der Waals surface area contributed by atoms with Crippen molar-refractivity contribution in [2.75, 3.05) is 9.80 Å². The van der Waals surface area contributed by atoms with Crippen LogP contribution in [0.15, 0.2) is 218 Å². The van der Waals surface area contributed by atoms with Gasteiger partial charge in [-0.2, -0.15) is 0 Å². The van der Waals surface area contributed by atoms with E-state index >= 15 is 0 Å². The highest BCUT2D eigenvalue weighted by Gasteiger charge is 2.17. The van der Waals surface area contributed by atoms with Gasteiger partial charge in [0, 0.05) is 34.1 Å². The second-order valence-corrected chi connectivity index (χ2v) is 15.8. The largest absolute Gasteiger partial charge is 0.310 e. The molecule has 2 heteroatoms. The lowest BCUT2D eigenvalue weighted by molar-refractivity contribution is 1.23. The van der Waals surface area contributed by atoms with E-state index in [2.05, 4.69) is 268 Å². The number of hydrogen-bond donors (Lipinski definition) is 0. The molecule has 2 nitrogen and oxygen atoms in total. The summed E-state index contributed by atoms with van der Waals surface area (Å²) < 4.78 is 0. The molecule has 0 N–H and O–H groups in total. The Morgan fingerprint density at radius 2 is 0.581 bits per heavy atom. The average molecular weight is 801 g/mol. The maximum absolute atomic E-state index is 2.36. The number of aryl methyl sites for hydroxylation is 4. The summed E-state index contributed by atoms with van der Waals surface area (Å²) in [6.45, 7) is 8.69. The van der Waals surface area contributed by atoms with E-state index in [0.29, 0.717) is 0 Å². The van der Waals surface area contributed by atoms with Crippen molar-refractivity contribution in [1.82, 2.24) is 0 Å². The Morgan fingerprint density at radius 1 is 0.290 bits per heavy atom. The molecule has 62 heavy (non-hydrogen) atoms. The van der Waals surface area contributed by atoms with E-state index < -0.39 is 0 Å². The maximum Gasteiger partial charge on any atom is 0.0490 e. The van der Waals surface area contributed by atoms with Gasteiger partial charge in [-0.25, -0.2) is 0 Å². The fourth-order valence-corrected chi connectivity index (χ4v) is 7.84. The summed E-state index contributed by atoms with van der Waals surface area (Å²) in [6, 6.07) is 69.6. The van der Waals surface area contributed by atoms with Gasteiger partial charge >= 0.3 is 0 Å². The number of rotatable bonds is 13. The van der Waals surface area contributed by atoms with Gasteiger partial charge < -0.3 is 9.80 Å². The van der Waals surface area contributed by atoms with Crippen molar-refractivity contribution in [2.24, 2.45) is 0 Å². The second-order valence-electron chi connectivity index (χ2n) is 15.8. The lowest BCUT2D eigenvalue weighted by atomic mass is 10.0. The van der Waals surface area contributed by atoms with Crippen molar-refractivity contribution in [2.45, 2.75) is 27.7 Å². The Labute approximate surface area is 368 Å². The molecule has 0 unspecified atom stereocenters. The molecule has 8 aromatic rings. The smallest absolute Gasteiger partial charge is 0.0490 e. The van der Waals surface area contributed by atoms with Crippen LogP contribution in [0.25, 0.3) is 35.4 Å². The number of anilines is 6. The predicted octanol–water partition coefficient (Wildman–Crippen LogP) is 17.0. The highest BCUT2D eigenvalue weighted by atomic mass is 15.1. The van der Waals surface area contributed by atoms with Crippen LogP contribution in [0.4, 0.5) is 34.1 Å². The summed E-state index contributed by atoms with van der Waals surface area (Å²) in [5.74, 6) is 0. The SMILES string of the molecule is Cc1ccc(N(c2ccc(C=CC=Cc3ccccc3)cc2)c2ccc(-c3ccc(N(c4ccc(C=CC=Cc5ccccc5)cc4)c4ccc(C)cc4C)cc3)cc2)c(C)c1. The molecule has 0 aromatic heterocycles. The van der Waals surface area contributed by atoms with Crippen LogP contribution < -0.4 is 9.80 Å². The zero-order chi connectivity index (χ0) is 42.7. The Bertz CT molecular complexity index is 2630. The Morgan fingerprint density at radius 3 is 0.887 bits per heavy atom. The van der Waals surface area contributed by atoms with Gasteiger partial charge in [0.2, 0.25) is 0 Å². The predicted molar refractivity (Wildman–Crippen MR) is 269 cm³/mol. The van der Waals surface area contributed by atoms with Crippen molar-refractivity contribution in [3.63, 3.8) is 0 Å². The summed E-state index contributed by atoms with van der Waals surface area (Å²) in [5.41, 5.74) is 18.8. The van der Waals surface area contributed by atoms with Crippen molar-refractivity contribution in [1.29, 1.82) is 0 Å². The van der Waals surface area contributed by atoms with Gasteiger partial charge in [-0.15, -0.1) is 0 Å². The van der Waals surface area contributed by atoms with Crippen LogP contribution in [0.5, 0.6) is 0 Å². The van der Waals surface area contributed by atoms with Gasteiger partial charge in [-0.3, -0.25) is 0 Å². The molecule has 0 fully saturated rings. The third kappa shape index (κ3) is 10.2. The first kappa shape index (κ1) is 41.1. The number of nitrogens with zero attached hydrogens (tertiary/aromatic N) is 2. The third-order valence-corrected chi connectivity index (χ3v) is 11.0. The fourth-order valence-electron chi connectivity index (χ4n) is 7.84. The van der Waals surface area contributed by atoms with Crippen molar-refractivity contribution >= 4 is 58.4 Å². The van der Waals surface area contributed by atoms with Gasteiger partial charge in [0.1, 0.15) is 0 Å². The lowest BCUT2D eigenvalue weighted by Crippen LogP contribution is -2.11. The molecular weight excluding hydrogens is 749 g/mol. The number of hydrogen-bond acceptors (Lipinski definition) is 2. The van der Waals surface area contributed by atoms with E-state index in [0.717, 1.165) is 45.3 Å². The zero-order valence-corrected chi connectivity index (χ0v) is 36.0. The summed E-state index contributed by atoms with van der Waals surface area (Å²) in [5, 5.41) is 0. The van der Waals surface area contributed by atoms with Crippen LogP contribution in [-0.4, -0.2) is 0 Å². The number of benzene rings is 8. The summed E-state index contributed by atoms with van der Waals surface area (Å²) in [4.78, 5) is 4.71. The molecule has 0 saturated heterocycles. The Hall–Kier alpha value is -7.68. The van der Waals surface area contributed by atoms with Crippen molar-refractivity contribution in [3.8, 4) is 11.1 Å². The monoisotopic (exact) mass is 800 g/mol. The lowest BCUT2D eigenvalue weighted by Gasteiger charge is -2.28. The van der Waals surface area contributed by atoms with Crippen LogP contribution in [0.3, 0.4) is 0 Å². The second kappa shape index (κ2) is 19.6. The Balaban J connectivity index is 1.04. The fraction of sp³-hybridized carbons (Fsp3) is 0.0667.